The number of carbonyl (C=O) groups excluding carboxylic acids is 2. The first-order chi connectivity index (χ1) is 6.13. The Morgan fingerprint density at radius 1 is 1.46 bits per heavy atom. The molecule has 2 fully saturated rings. The molecular weight excluding hydrogens is 164 g/mol. The molecule has 2 heteroatoms. The Labute approximate surface area is 78.7 Å². The zero-order valence-corrected chi connectivity index (χ0v) is 8.08. The molecule has 0 aromatic heterocycles. The summed E-state index contributed by atoms with van der Waals surface area (Å²) in [4.78, 5) is 22.4. The smallest absolute Gasteiger partial charge is 0.136 e. The lowest BCUT2D eigenvalue weighted by molar-refractivity contribution is -0.132. The maximum absolute atomic E-state index is 11.5. The number of ketones is 1. The van der Waals surface area contributed by atoms with E-state index in [1.807, 2.05) is 6.92 Å². The van der Waals surface area contributed by atoms with Gasteiger partial charge in [-0.1, -0.05) is 6.92 Å². The lowest BCUT2D eigenvalue weighted by atomic mass is 9.62. The number of hydrogen-bond donors (Lipinski definition) is 0. The molecule has 0 spiro atoms. The summed E-state index contributed by atoms with van der Waals surface area (Å²) in [6.07, 6.45) is 5.67. The van der Waals surface area contributed by atoms with Crippen LogP contribution in [0, 0.1) is 17.3 Å². The molecule has 0 aliphatic heterocycles. The zero-order chi connectivity index (χ0) is 9.47. The lowest BCUT2D eigenvalue weighted by Crippen LogP contribution is -2.39. The monoisotopic (exact) mass is 180 g/mol. The molecule has 13 heavy (non-hydrogen) atoms. The average molecular weight is 180 g/mol. The fourth-order valence-corrected chi connectivity index (χ4v) is 2.99. The first-order valence-corrected chi connectivity index (χ1v) is 5.12. The van der Waals surface area contributed by atoms with E-state index in [9.17, 15) is 9.59 Å². The molecule has 0 radical (unpaired) electrons. The molecule has 2 aliphatic rings. The predicted molar refractivity (Wildman–Crippen MR) is 49.2 cm³/mol. The Morgan fingerprint density at radius 2 is 2.23 bits per heavy atom. The quantitative estimate of drug-likeness (QED) is 0.578. The molecule has 2 saturated carbocycles. The molecule has 72 valence electrons. The van der Waals surface area contributed by atoms with Crippen molar-refractivity contribution in [2.75, 3.05) is 0 Å². The second-order valence-corrected chi connectivity index (χ2v) is 4.98. The molecule has 0 amide bonds. The van der Waals surface area contributed by atoms with Crippen LogP contribution in [0.25, 0.3) is 0 Å². The summed E-state index contributed by atoms with van der Waals surface area (Å²) in [6, 6.07) is 0. The molecule has 2 rings (SSSR count). The summed E-state index contributed by atoms with van der Waals surface area (Å²) in [6.45, 7) is 2.00. The standard InChI is InChI=1S/C11H16O2/c1-11(7-12)5-8-2-3-10(13)9(4-8)6-11/h7-9H,2-6H2,1H3. The van der Waals surface area contributed by atoms with Gasteiger partial charge in [0.15, 0.2) is 0 Å². The van der Waals surface area contributed by atoms with Crippen LogP contribution in [0.3, 0.4) is 0 Å². The van der Waals surface area contributed by atoms with E-state index in [0.29, 0.717) is 11.7 Å². The van der Waals surface area contributed by atoms with Crippen LogP contribution in [0.5, 0.6) is 0 Å². The van der Waals surface area contributed by atoms with E-state index >= 15 is 0 Å². The van der Waals surface area contributed by atoms with E-state index in [0.717, 1.165) is 38.4 Å². The van der Waals surface area contributed by atoms with Crippen LogP contribution >= 0.6 is 0 Å². The highest BCUT2D eigenvalue weighted by atomic mass is 16.1. The second kappa shape index (κ2) is 2.93. The summed E-state index contributed by atoms with van der Waals surface area (Å²) in [7, 11) is 0. The third-order valence-electron chi connectivity index (χ3n) is 3.62. The molecule has 0 saturated heterocycles. The van der Waals surface area contributed by atoms with Crippen molar-refractivity contribution in [1.82, 2.24) is 0 Å². The minimum atomic E-state index is -0.205. The van der Waals surface area contributed by atoms with Crippen LogP contribution in [0.15, 0.2) is 0 Å². The maximum Gasteiger partial charge on any atom is 0.136 e. The van der Waals surface area contributed by atoms with Crippen molar-refractivity contribution >= 4 is 12.1 Å². The van der Waals surface area contributed by atoms with E-state index in [1.165, 1.54) is 0 Å². The summed E-state index contributed by atoms with van der Waals surface area (Å²) in [5, 5.41) is 0. The predicted octanol–water partition coefficient (Wildman–Crippen LogP) is 1.97. The zero-order valence-electron chi connectivity index (χ0n) is 8.08. The molecule has 3 unspecified atom stereocenters. The minimum Gasteiger partial charge on any atom is -0.303 e. The van der Waals surface area contributed by atoms with Crippen LogP contribution < -0.4 is 0 Å². The first-order valence-electron chi connectivity index (χ1n) is 5.12. The van der Waals surface area contributed by atoms with Gasteiger partial charge in [-0.2, -0.15) is 0 Å². The van der Waals surface area contributed by atoms with Crippen LogP contribution in [-0.4, -0.2) is 12.1 Å². The average Bonchev–Trinajstić information content (AvgIpc) is 2.12. The fourth-order valence-electron chi connectivity index (χ4n) is 2.99. The molecule has 2 nitrogen and oxygen atoms in total. The van der Waals surface area contributed by atoms with Crippen molar-refractivity contribution in [3.05, 3.63) is 0 Å². The van der Waals surface area contributed by atoms with Gasteiger partial charge in [-0.25, -0.2) is 0 Å². The Bertz CT molecular complexity index is 246. The van der Waals surface area contributed by atoms with Gasteiger partial charge in [0.1, 0.15) is 12.1 Å². The highest BCUT2D eigenvalue weighted by Gasteiger charge is 2.42. The molecule has 2 aliphatic carbocycles. The maximum atomic E-state index is 11.5. The number of fused-ring (bicyclic) bond motifs is 2. The van der Waals surface area contributed by atoms with Gasteiger partial charge in [-0.15, -0.1) is 0 Å². The summed E-state index contributed by atoms with van der Waals surface area (Å²) >= 11 is 0. The Balaban J connectivity index is 2.17. The molecule has 2 bridgehead atoms. The SMILES string of the molecule is CC1(C=O)CC2CCC(=O)C(C2)C1. The summed E-state index contributed by atoms with van der Waals surface area (Å²) in [5.41, 5.74) is -0.205. The van der Waals surface area contributed by atoms with Crippen molar-refractivity contribution < 1.29 is 9.59 Å². The van der Waals surface area contributed by atoms with Crippen LogP contribution in [-0.2, 0) is 9.59 Å². The van der Waals surface area contributed by atoms with Crippen molar-refractivity contribution in [2.45, 2.75) is 39.0 Å². The van der Waals surface area contributed by atoms with E-state index in [4.69, 9.17) is 0 Å². The Hall–Kier alpha value is -0.660. The van der Waals surface area contributed by atoms with Crippen LogP contribution in [0.4, 0.5) is 0 Å². The van der Waals surface area contributed by atoms with Gasteiger partial charge in [0.25, 0.3) is 0 Å². The Morgan fingerprint density at radius 3 is 2.92 bits per heavy atom. The first kappa shape index (κ1) is 8.92. The third kappa shape index (κ3) is 1.54. The lowest BCUT2D eigenvalue weighted by Gasteiger charge is -2.41. The van der Waals surface area contributed by atoms with Crippen molar-refractivity contribution in [2.24, 2.45) is 17.3 Å². The van der Waals surface area contributed by atoms with E-state index in [1.54, 1.807) is 0 Å². The van der Waals surface area contributed by atoms with Gasteiger partial charge in [0.05, 0.1) is 0 Å². The molecule has 0 aromatic carbocycles. The number of aldehydes is 1. The molecule has 0 aromatic rings. The van der Waals surface area contributed by atoms with Gasteiger partial charge in [0.2, 0.25) is 0 Å². The highest BCUT2D eigenvalue weighted by molar-refractivity contribution is 5.82. The van der Waals surface area contributed by atoms with E-state index in [2.05, 4.69) is 0 Å². The van der Waals surface area contributed by atoms with E-state index in [-0.39, 0.29) is 11.3 Å². The van der Waals surface area contributed by atoms with Crippen molar-refractivity contribution in [1.29, 1.82) is 0 Å². The van der Waals surface area contributed by atoms with E-state index < -0.39 is 0 Å². The van der Waals surface area contributed by atoms with Gasteiger partial charge in [0, 0.05) is 17.8 Å². The minimum absolute atomic E-state index is 0.197. The molecule has 0 heterocycles. The number of rotatable bonds is 1. The second-order valence-electron chi connectivity index (χ2n) is 4.98. The third-order valence-corrected chi connectivity index (χ3v) is 3.62. The van der Waals surface area contributed by atoms with Gasteiger partial charge >= 0.3 is 0 Å². The van der Waals surface area contributed by atoms with Crippen molar-refractivity contribution in [3.63, 3.8) is 0 Å². The number of Topliss-reactive ketones (excluding diaryl/α,β-unsaturated/α-hetero) is 1. The highest BCUT2D eigenvalue weighted by Crippen LogP contribution is 2.46. The summed E-state index contributed by atoms with van der Waals surface area (Å²) in [5.74, 6) is 1.22. The van der Waals surface area contributed by atoms with Gasteiger partial charge in [-0.05, 0) is 31.6 Å². The molecule has 3 atom stereocenters. The van der Waals surface area contributed by atoms with Crippen LogP contribution in [0.1, 0.15) is 39.0 Å². The number of carbonyl (C=O) groups is 2. The van der Waals surface area contributed by atoms with Gasteiger partial charge < -0.3 is 4.79 Å². The summed E-state index contributed by atoms with van der Waals surface area (Å²) < 4.78 is 0. The molecular formula is C11H16O2. The largest absolute Gasteiger partial charge is 0.303 e. The van der Waals surface area contributed by atoms with Crippen molar-refractivity contribution in [3.8, 4) is 0 Å². The number of hydrogen-bond acceptors (Lipinski definition) is 2. The topological polar surface area (TPSA) is 34.1 Å². The molecule has 0 N–H and O–H groups in total. The van der Waals surface area contributed by atoms with Gasteiger partial charge in [-0.3, -0.25) is 4.79 Å². The normalized spacial score (nSPS) is 44.5. The van der Waals surface area contributed by atoms with Crippen LogP contribution in [0.2, 0.25) is 0 Å². The fraction of sp³-hybridized carbons (Fsp3) is 0.818. The Kier molecular flexibility index (Phi) is 2.01.